The number of ether oxygens (including phenoxy) is 3. The summed E-state index contributed by atoms with van der Waals surface area (Å²) >= 11 is 9.57. The Morgan fingerprint density at radius 3 is 2.32 bits per heavy atom. The van der Waals surface area contributed by atoms with Crippen LogP contribution in [-0.4, -0.2) is 37.3 Å². The van der Waals surface area contributed by atoms with E-state index in [1.54, 1.807) is 68.8 Å². The van der Waals surface area contributed by atoms with Crippen molar-refractivity contribution in [3.05, 3.63) is 111 Å². The van der Waals surface area contributed by atoms with Gasteiger partial charge in [0, 0.05) is 15.6 Å². The number of amides is 1. The fourth-order valence-electron chi connectivity index (χ4n) is 4.36. The summed E-state index contributed by atoms with van der Waals surface area (Å²) in [4.78, 5) is 29.4. The van der Waals surface area contributed by atoms with E-state index in [9.17, 15) is 9.59 Å². The van der Waals surface area contributed by atoms with Crippen molar-refractivity contribution in [1.82, 2.24) is 10.4 Å². The number of carbonyl (C=O) groups is 2. The number of rotatable bonds is 8. The average molecular weight is 633 g/mol. The Kier molecular flexibility index (Phi) is 8.37. The summed E-state index contributed by atoms with van der Waals surface area (Å²) in [6.45, 7) is 0. The zero-order valence-corrected chi connectivity index (χ0v) is 24.2. The molecule has 41 heavy (non-hydrogen) atoms. The Hall–Kier alpha value is -4.60. The molecule has 0 atom stereocenters. The van der Waals surface area contributed by atoms with Crippen molar-refractivity contribution in [3.63, 3.8) is 0 Å². The molecule has 0 saturated carbocycles. The summed E-state index contributed by atoms with van der Waals surface area (Å²) in [5, 5.41) is 5.14. The van der Waals surface area contributed by atoms with Crippen LogP contribution in [0.2, 0.25) is 5.02 Å². The van der Waals surface area contributed by atoms with Gasteiger partial charge in [-0.15, -0.1) is 0 Å². The molecule has 0 spiro atoms. The van der Waals surface area contributed by atoms with Crippen LogP contribution in [0.25, 0.3) is 22.0 Å². The van der Waals surface area contributed by atoms with Gasteiger partial charge in [0.1, 0.15) is 22.9 Å². The average Bonchev–Trinajstić information content (AvgIpc) is 3.39. The van der Waals surface area contributed by atoms with Gasteiger partial charge in [0.2, 0.25) is 0 Å². The van der Waals surface area contributed by atoms with Gasteiger partial charge in [-0.25, -0.2) is 10.2 Å². The SMILES string of the molecule is COc1ccc(OC)c2c(-c3ccccc3)c(C(=O)NN=Cc3cc(Br)ccc3OC(=O)c3ccccc3Cl)[nH]c12. The number of hydrogen-bond acceptors (Lipinski definition) is 6. The molecule has 8 nitrogen and oxygen atoms in total. The number of halogens is 2. The quantitative estimate of drug-likeness (QED) is 0.0812. The Balaban J connectivity index is 1.47. The Labute approximate surface area is 249 Å². The molecule has 0 radical (unpaired) electrons. The van der Waals surface area contributed by atoms with Crippen molar-refractivity contribution < 1.29 is 23.8 Å². The van der Waals surface area contributed by atoms with E-state index in [2.05, 4.69) is 31.4 Å². The second-order valence-electron chi connectivity index (χ2n) is 8.71. The number of carbonyl (C=O) groups excluding carboxylic acids is 2. The van der Waals surface area contributed by atoms with E-state index in [1.807, 2.05) is 30.3 Å². The largest absolute Gasteiger partial charge is 0.496 e. The molecule has 1 amide bonds. The molecule has 0 fully saturated rings. The van der Waals surface area contributed by atoms with Crippen LogP contribution in [0.3, 0.4) is 0 Å². The van der Waals surface area contributed by atoms with Crippen LogP contribution >= 0.6 is 27.5 Å². The fraction of sp³-hybridized carbons (Fsp3) is 0.0645. The van der Waals surface area contributed by atoms with Gasteiger partial charge in [-0.2, -0.15) is 5.10 Å². The maximum atomic E-state index is 13.5. The molecule has 5 rings (SSSR count). The summed E-state index contributed by atoms with van der Waals surface area (Å²) in [6.07, 6.45) is 1.39. The van der Waals surface area contributed by atoms with Crippen molar-refractivity contribution in [2.75, 3.05) is 14.2 Å². The topological polar surface area (TPSA) is 102 Å². The van der Waals surface area contributed by atoms with E-state index < -0.39 is 11.9 Å². The Bertz CT molecular complexity index is 1790. The van der Waals surface area contributed by atoms with Crippen LogP contribution in [0.4, 0.5) is 0 Å². The molecule has 2 N–H and O–H groups in total. The number of nitrogens with zero attached hydrogens (tertiary/aromatic N) is 1. The highest BCUT2D eigenvalue weighted by molar-refractivity contribution is 9.10. The third-order valence-corrected chi connectivity index (χ3v) is 7.07. The highest BCUT2D eigenvalue weighted by Crippen LogP contribution is 2.42. The molecule has 5 aromatic rings. The highest BCUT2D eigenvalue weighted by atomic mass is 79.9. The van der Waals surface area contributed by atoms with Crippen LogP contribution in [0, 0.1) is 0 Å². The van der Waals surface area contributed by atoms with E-state index in [-0.39, 0.29) is 22.0 Å². The third kappa shape index (κ3) is 5.82. The van der Waals surface area contributed by atoms with Gasteiger partial charge in [0.05, 0.1) is 41.9 Å². The number of aromatic nitrogens is 1. The molecule has 0 bridgehead atoms. The Morgan fingerprint density at radius 1 is 0.902 bits per heavy atom. The molecule has 10 heteroatoms. The molecule has 0 saturated heterocycles. The minimum Gasteiger partial charge on any atom is -0.496 e. The zero-order valence-electron chi connectivity index (χ0n) is 21.9. The predicted octanol–water partition coefficient (Wildman–Crippen LogP) is 7.25. The second kappa shape index (κ2) is 12.3. The van der Waals surface area contributed by atoms with Crippen molar-refractivity contribution in [2.24, 2.45) is 5.10 Å². The van der Waals surface area contributed by atoms with Gasteiger partial charge in [-0.1, -0.05) is 70.0 Å². The normalized spacial score (nSPS) is 11.0. The van der Waals surface area contributed by atoms with Crippen molar-refractivity contribution in [2.45, 2.75) is 0 Å². The van der Waals surface area contributed by atoms with E-state index in [0.29, 0.717) is 33.5 Å². The molecular formula is C31H23BrClN3O5. The molecular weight excluding hydrogens is 610 g/mol. The van der Waals surface area contributed by atoms with E-state index in [0.717, 1.165) is 10.0 Å². The first-order chi connectivity index (χ1) is 19.9. The number of esters is 1. The lowest BCUT2D eigenvalue weighted by molar-refractivity contribution is 0.0734. The molecule has 0 unspecified atom stereocenters. The lowest BCUT2D eigenvalue weighted by Gasteiger charge is -2.09. The summed E-state index contributed by atoms with van der Waals surface area (Å²) in [5.74, 6) is 0.258. The Morgan fingerprint density at radius 2 is 1.59 bits per heavy atom. The van der Waals surface area contributed by atoms with Crippen LogP contribution in [0.5, 0.6) is 17.2 Å². The number of nitrogens with one attached hydrogen (secondary N) is 2. The number of hydrogen-bond donors (Lipinski definition) is 2. The maximum Gasteiger partial charge on any atom is 0.345 e. The number of benzene rings is 4. The summed E-state index contributed by atoms with van der Waals surface area (Å²) in [6, 6.07) is 24.7. The lowest BCUT2D eigenvalue weighted by atomic mass is 10.0. The molecule has 1 aromatic heterocycles. The maximum absolute atomic E-state index is 13.5. The summed E-state index contributed by atoms with van der Waals surface area (Å²) in [5.41, 5.74) is 5.58. The van der Waals surface area contributed by atoms with Gasteiger partial charge in [-0.3, -0.25) is 4.79 Å². The van der Waals surface area contributed by atoms with Crippen molar-refractivity contribution in [1.29, 1.82) is 0 Å². The molecule has 0 aliphatic rings. The third-order valence-electron chi connectivity index (χ3n) is 6.25. The highest BCUT2D eigenvalue weighted by Gasteiger charge is 2.24. The van der Waals surface area contributed by atoms with Gasteiger partial charge in [0.15, 0.2) is 0 Å². The van der Waals surface area contributed by atoms with Gasteiger partial charge in [0.25, 0.3) is 5.91 Å². The van der Waals surface area contributed by atoms with Gasteiger partial charge >= 0.3 is 5.97 Å². The minimum atomic E-state index is -0.620. The fourth-order valence-corrected chi connectivity index (χ4v) is 4.96. The van der Waals surface area contributed by atoms with E-state index in [4.69, 9.17) is 25.8 Å². The standard InChI is InChI=1S/C31H23BrClN3O5/c1-39-24-14-15-25(40-2)28-27(24)26(18-8-4-3-5-9-18)29(35-28)30(37)36-34-17-19-16-20(32)12-13-23(19)41-31(38)21-10-6-7-11-22(21)33/h3-17,35H,1-2H3,(H,36,37). The van der Waals surface area contributed by atoms with E-state index >= 15 is 0 Å². The molecule has 0 aliphatic carbocycles. The van der Waals surface area contributed by atoms with Gasteiger partial charge < -0.3 is 19.2 Å². The number of fused-ring (bicyclic) bond motifs is 1. The van der Waals surface area contributed by atoms with Crippen molar-refractivity contribution in [3.8, 4) is 28.4 Å². The van der Waals surface area contributed by atoms with Gasteiger partial charge in [-0.05, 0) is 48.0 Å². The smallest absolute Gasteiger partial charge is 0.345 e. The van der Waals surface area contributed by atoms with Crippen LogP contribution in [-0.2, 0) is 0 Å². The summed E-state index contributed by atoms with van der Waals surface area (Å²) < 4.78 is 17.5. The number of hydrazone groups is 1. The minimum absolute atomic E-state index is 0.228. The van der Waals surface area contributed by atoms with E-state index in [1.165, 1.54) is 6.21 Å². The first kappa shape index (κ1) is 27.9. The first-order valence-corrected chi connectivity index (χ1v) is 13.5. The van der Waals surface area contributed by atoms with Crippen LogP contribution in [0.1, 0.15) is 26.4 Å². The van der Waals surface area contributed by atoms with Crippen LogP contribution < -0.4 is 19.6 Å². The lowest BCUT2D eigenvalue weighted by Crippen LogP contribution is -2.19. The monoisotopic (exact) mass is 631 g/mol. The zero-order chi connectivity index (χ0) is 28.9. The van der Waals surface area contributed by atoms with Crippen molar-refractivity contribution >= 4 is 56.5 Å². The molecule has 0 aliphatic heterocycles. The number of methoxy groups -OCH3 is 2. The van der Waals surface area contributed by atoms with Crippen LogP contribution in [0.15, 0.2) is 94.5 Å². The number of H-pyrrole nitrogens is 1. The summed E-state index contributed by atoms with van der Waals surface area (Å²) in [7, 11) is 3.13. The molecule has 1 heterocycles. The molecule has 4 aromatic carbocycles. The molecule has 206 valence electrons. The first-order valence-electron chi connectivity index (χ1n) is 12.3. The second-order valence-corrected chi connectivity index (χ2v) is 10.0. The number of aromatic amines is 1. The predicted molar refractivity (Wildman–Crippen MR) is 162 cm³/mol.